The maximum Gasteiger partial charge on any atom is 0.257 e. The fourth-order valence-corrected chi connectivity index (χ4v) is 4.19. The van der Waals surface area contributed by atoms with Gasteiger partial charge in [0.05, 0.1) is 6.20 Å². The third kappa shape index (κ3) is 3.38. The molecule has 2 heterocycles. The normalized spacial score (nSPS) is 15.7. The van der Waals surface area contributed by atoms with Crippen molar-refractivity contribution >= 4 is 10.0 Å². The highest BCUT2D eigenvalue weighted by molar-refractivity contribution is 7.89. The highest BCUT2D eigenvalue weighted by Gasteiger charge is 2.25. The molecule has 0 bridgehead atoms. The zero-order valence-corrected chi connectivity index (χ0v) is 14.9. The van der Waals surface area contributed by atoms with Gasteiger partial charge in [-0.3, -0.25) is 0 Å². The van der Waals surface area contributed by atoms with Gasteiger partial charge in [-0.25, -0.2) is 18.1 Å². The van der Waals surface area contributed by atoms with E-state index in [4.69, 9.17) is 5.73 Å². The Bertz CT molecular complexity index is 810. The smallest absolute Gasteiger partial charge is 0.257 e. The van der Waals surface area contributed by atoms with Crippen LogP contribution >= 0.6 is 0 Å². The molecule has 0 amide bonds. The van der Waals surface area contributed by atoms with E-state index in [9.17, 15) is 8.42 Å². The van der Waals surface area contributed by atoms with E-state index < -0.39 is 10.0 Å². The molecule has 1 atom stereocenters. The van der Waals surface area contributed by atoms with E-state index in [-0.39, 0.29) is 17.6 Å². The van der Waals surface area contributed by atoms with E-state index in [0.717, 1.165) is 24.2 Å². The van der Waals surface area contributed by atoms with Crippen molar-refractivity contribution in [1.29, 1.82) is 0 Å². The molecule has 0 aliphatic carbocycles. The lowest BCUT2D eigenvalue weighted by atomic mass is 9.99. The van der Waals surface area contributed by atoms with Gasteiger partial charge in [-0.15, -0.1) is 0 Å². The molecule has 1 aromatic heterocycles. The summed E-state index contributed by atoms with van der Waals surface area (Å²) in [6, 6.07) is 7.62. The van der Waals surface area contributed by atoms with E-state index in [2.05, 4.69) is 23.6 Å². The Hall–Kier alpha value is -1.70. The Labute approximate surface area is 143 Å². The van der Waals surface area contributed by atoms with Crippen molar-refractivity contribution in [2.24, 2.45) is 5.73 Å². The molecular weight excluding hydrogens is 324 g/mol. The predicted molar refractivity (Wildman–Crippen MR) is 93.2 cm³/mol. The molecule has 1 unspecified atom stereocenters. The lowest BCUT2D eigenvalue weighted by molar-refractivity contribution is 0.556. The molecule has 0 saturated carbocycles. The first-order valence-electron chi connectivity index (χ1n) is 8.28. The summed E-state index contributed by atoms with van der Waals surface area (Å²) in [5.41, 5.74) is 8.30. The van der Waals surface area contributed by atoms with Crippen LogP contribution in [0.4, 0.5) is 0 Å². The Balaban J connectivity index is 1.67. The summed E-state index contributed by atoms with van der Waals surface area (Å²) in [7, 11) is -3.60. The first-order valence-corrected chi connectivity index (χ1v) is 9.76. The van der Waals surface area contributed by atoms with Crippen molar-refractivity contribution in [3.05, 3.63) is 47.4 Å². The van der Waals surface area contributed by atoms with Gasteiger partial charge in [0.1, 0.15) is 5.82 Å². The van der Waals surface area contributed by atoms with Crippen LogP contribution in [0.25, 0.3) is 0 Å². The molecular formula is C17H24N4O2S. The van der Waals surface area contributed by atoms with Gasteiger partial charge < -0.3 is 10.3 Å². The Kier molecular flexibility index (Phi) is 4.76. The van der Waals surface area contributed by atoms with E-state index in [1.54, 1.807) is 4.57 Å². The predicted octanol–water partition coefficient (Wildman–Crippen LogP) is 1.93. The molecule has 0 saturated heterocycles. The molecule has 0 fully saturated rings. The largest absolute Gasteiger partial charge is 0.323 e. The van der Waals surface area contributed by atoms with Crippen LogP contribution < -0.4 is 10.5 Å². The summed E-state index contributed by atoms with van der Waals surface area (Å²) < 4.78 is 29.4. The third-order valence-corrected chi connectivity index (χ3v) is 5.91. The fourth-order valence-electron chi connectivity index (χ4n) is 2.96. The highest BCUT2D eigenvalue weighted by atomic mass is 32.2. The number of hydrogen-bond acceptors (Lipinski definition) is 4. The van der Waals surface area contributed by atoms with E-state index in [1.165, 1.54) is 11.8 Å². The molecule has 7 heteroatoms. The SMILES string of the molecule is CC(C)c1ccc(C(N)CNS(=O)(=O)c2cnc3n2CCC3)cc1. The summed E-state index contributed by atoms with van der Waals surface area (Å²) in [6.45, 7) is 5.12. The van der Waals surface area contributed by atoms with E-state index in [1.807, 2.05) is 24.3 Å². The lowest BCUT2D eigenvalue weighted by Crippen LogP contribution is -2.33. The molecule has 1 aliphatic rings. The van der Waals surface area contributed by atoms with Crippen molar-refractivity contribution in [3.8, 4) is 0 Å². The van der Waals surface area contributed by atoms with Gasteiger partial charge in [0.25, 0.3) is 10.0 Å². The molecule has 0 radical (unpaired) electrons. The van der Waals surface area contributed by atoms with E-state index >= 15 is 0 Å². The van der Waals surface area contributed by atoms with Gasteiger partial charge in [0.2, 0.25) is 0 Å². The lowest BCUT2D eigenvalue weighted by Gasteiger charge is -2.15. The van der Waals surface area contributed by atoms with Crippen molar-refractivity contribution in [2.75, 3.05) is 6.54 Å². The van der Waals surface area contributed by atoms with Crippen LogP contribution in [0.2, 0.25) is 0 Å². The first-order chi connectivity index (χ1) is 11.4. The molecule has 3 rings (SSSR count). The number of fused-ring (bicyclic) bond motifs is 1. The number of aromatic nitrogens is 2. The monoisotopic (exact) mass is 348 g/mol. The quantitative estimate of drug-likeness (QED) is 0.835. The van der Waals surface area contributed by atoms with Crippen LogP contribution in [0.1, 0.15) is 49.2 Å². The summed E-state index contributed by atoms with van der Waals surface area (Å²) in [5.74, 6) is 1.29. The van der Waals surface area contributed by atoms with Gasteiger partial charge >= 0.3 is 0 Å². The van der Waals surface area contributed by atoms with Gasteiger partial charge in [0.15, 0.2) is 5.03 Å². The number of nitrogens with zero attached hydrogens (tertiary/aromatic N) is 2. The first kappa shape index (κ1) is 17.1. The van der Waals surface area contributed by atoms with Crippen molar-refractivity contribution < 1.29 is 8.42 Å². The minimum atomic E-state index is -3.60. The van der Waals surface area contributed by atoms with Crippen LogP contribution in [-0.2, 0) is 23.0 Å². The Morgan fingerprint density at radius 2 is 1.92 bits per heavy atom. The van der Waals surface area contributed by atoms with Crippen LogP contribution in [0.3, 0.4) is 0 Å². The average molecular weight is 348 g/mol. The molecule has 6 nitrogen and oxygen atoms in total. The number of hydrogen-bond donors (Lipinski definition) is 2. The van der Waals surface area contributed by atoms with Crippen LogP contribution in [0, 0.1) is 0 Å². The molecule has 3 N–H and O–H groups in total. The molecule has 1 aromatic carbocycles. The Morgan fingerprint density at radius 1 is 1.25 bits per heavy atom. The van der Waals surface area contributed by atoms with Crippen LogP contribution in [0.5, 0.6) is 0 Å². The number of nitrogens with one attached hydrogen (secondary N) is 1. The average Bonchev–Trinajstić information content (AvgIpc) is 3.15. The molecule has 2 aromatic rings. The molecule has 1 aliphatic heterocycles. The van der Waals surface area contributed by atoms with Gasteiger partial charge in [-0.05, 0) is 23.5 Å². The number of imidazole rings is 1. The number of aryl methyl sites for hydroxylation is 1. The maximum absolute atomic E-state index is 12.5. The summed E-state index contributed by atoms with van der Waals surface area (Å²) in [5, 5.41) is 0.234. The van der Waals surface area contributed by atoms with Gasteiger partial charge in [0, 0.05) is 25.6 Å². The minimum absolute atomic E-state index is 0.157. The molecule has 0 spiro atoms. The summed E-state index contributed by atoms with van der Waals surface area (Å²) >= 11 is 0. The highest BCUT2D eigenvalue weighted by Crippen LogP contribution is 2.21. The van der Waals surface area contributed by atoms with Crippen LogP contribution in [-0.4, -0.2) is 24.5 Å². The number of sulfonamides is 1. The summed E-state index contributed by atoms with van der Waals surface area (Å²) in [4.78, 5) is 4.19. The van der Waals surface area contributed by atoms with Gasteiger partial charge in [-0.1, -0.05) is 38.1 Å². The number of rotatable bonds is 6. The number of benzene rings is 1. The van der Waals surface area contributed by atoms with Crippen LogP contribution in [0.15, 0.2) is 35.5 Å². The second-order valence-electron chi connectivity index (χ2n) is 6.55. The molecule has 130 valence electrons. The van der Waals surface area contributed by atoms with Gasteiger partial charge in [-0.2, -0.15) is 0 Å². The minimum Gasteiger partial charge on any atom is -0.323 e. The Morgan fingerprint density at radius 3 is 2.58 bits per heavy atom. The topological polar surface area (TPSA) is 90.0 Å². The number of nitrogens with two attached hydrogens (primary N) is 1. The van der Waals surface area contributed by atoms with Crippen molar-refractivity contribution in [2.45, 2.75) is 50.2 Å². The zero-order chi connectivity index (χ0) is 17.3. The fraction of sp³-hybridized carbons (Fsp3) is 0.471. The standard InChI is InChI=1S/C17H24N4O2S/c1-12(2)13-5-7-14(8-6-13)15(18)10-20-24(22,23)17-11-19-16-4-3-9-21(16)17/h5-8,11-12,15,20H,3-4,9-10,18H2,1-2H3. The third-order valence-electron chi connectivity index (χ3n) is 4.48. The van der Waals surface area contributed by atoms with Crippen molar-refractivity contribution in [1.82, 2.24) is 14.3 Å². The van der Waals surface area contributed by atoms with E-state index in [0.29, 0.717) is 12.5 Å². The zero-order valence-electron chi connectivity index (χ0n) is 14.1. The van der Waals surface area contributed by atoms with Crippen molar-refractivity contribution in [3.63, 3.8) is 0 Å². The summed E-state index contributed by atoms with van der Waals surface area (Å²) in [6.07, 6.45) is 3.20. The molecule has 24 heavy (non-hydrogen) atoms. The second-order valence-corrected chi connectivity index (χ2v) is 8.26. The maximum atomic E-state index is 12.5. The second kappa shape index (κ2) is 6.66.